The summed E-state index contributed by atoms with van der Waals surface area (Å²) in [5, 5.41) is 1.79. The summed E-state index contributed by atoms with van der Waals surface area (Å²) >= 11 is 19.6. The molecular weight excluding hydrogens is 401 g/mol. The summed E-state index contributed by atoms with van der Waals surface area (Å²) in [7, 11) is 0. The number of nitrogens with zero attached hydrogens (tertiary/aromatic N) is 4. The fraction of sp³-hybridized carbons (Fsp3) is 0.188. The molecule has 9 heteroatoms. The first-order valence-electron chi connectivity index (χ1n) is 7.24. The monoisotopic (exact) mass is 411 g/mol. The number of nitrogens with two attached hydrogens (primary N) is 1. The van der Waals surface area contributed by atoms with E-state index in [0.717, 1.165) is 11.3 Å². The Labute approximate surface area is 163 Å². The van der Waals surface area contributed by atoms with Crippen LogP contribution in [0.3, 0.4) is 0 Å². The number of hydrogen-bond donors (Lipinski definition) is 1. The van der Waals surface area contributed by atoms with E-state index in [9.17, 15) is 0 Å². The van der Waals surface area contributed by atoms with Crippen molar-refractivity contribution in [2.24, 2.45) is 0 Å². The number of anilines is 1. The molecule has 0 aliphatic carbocycles. The number of rotatable bonds is 5. The minimum Gasteiger partial charge on any atom is -0.382 e. The molecule has 0 spiro atoms. The normalized spacial score (nSPS) is 11.0. The maximum absolute atomic E-state index is 6.11. The molecule has 0 aliphatic rings. The van der Waals surface area contributed by atoms with Gasteiger partial charge >= 0.3 is 0 Å². The number of hydrogen-bond acceptors (Lipinski definition) is 5. The number of terminal acetylenes is 1. The van der Waals surface area contributed by atoms with Gasteiger partial charge in [0, 0.05) is 17.9 Å². The minimum atomic E-state index is 0.324. The van der Waals surface area contributed by atoms with Gasteiger partial charge in [-0.05, 0) is 18.6 Å². The van der Waals surface area contributed by atoms with E-state index in [1.54, 1.807) is 12.1 Å². The number of unbranched alkanes of at least 4 members (excludes halogenated alkanes) is 1. The third-order valence-corrected chi connectivity index (χ3v) is 5.56. The average Bonchev–Trinajstić information content (AvgIpc) is 2.92. The molecular formula is C16H12Cl3N5S. The van der Waals surface area contributed by atoms with Crippen LogP contribution >= 0.6 is 46.6 Å². The molecule has 0 saturated heterocycles. The summed E-state index contributed by atoms with van der Waals surface area (Å²) < 4.78 is 1.96. The summed E-state index contributed by atoms with van der Waals surface area (Å²) in [4.78, 5) is 13.7. The molecule has 0 radical (unpaired) electrons. The number of aryl methyl sites for hydroxylation is 1. The predicted molar refractivity (Wildman–Crippen MR) is 103 cm³/mol. The highest BCUT2D eigenvalue weighted by molar-refractivity contribution is 7.99. The van der Waals surface area contributed by atoms with Crippen LogP contribution in [0.15, 0.2) is 28.5 Å². The van der Waals surface area contributed by atoms with E-state index in [-0.39, 0.29) is 0 Å². The van der Waals surface area contributed by atoms with Crippen LogP contribution in [0.4, 0.5) is 5.82 Å². The van der Waals surface area contributed by atoms with Crippen LogP contribution in [0, 0.1) is 12.3 Å². The largest absolute Gasteiger partial charge is 0.382 e. The molecule has 2 aromatic heterocycles. The first-order chi connectivity index (χ1) is 12.0. The topological polar surface area (TPSA) is 69.6 Å². The predicted octanol–water partition coefficient (Wildman–Crippen LogP) is 4.93. The molecule has 2 N–H and O–H groups in total. The second-order valence-corrected chi connectivity index (χ2v) is 7.32. The second-order valence-electron chi connectivity index (χ2n) is 5.09. The lowest BCUT2D eigenvalue weighted by Gasteiger charge is -2.08. The molecule has 5 nitrogen and oxygen atoms in total. The van der Waals surface area contributed by atoms with E-state index in [1.807, 2.05) is 4.57 Å². The van der Waals surface area contributed by atoms with Crippen molar-refractivity contribution in [2.75, 3.05) is 5.73 Å². The highest BCUT2D eigenvalue weighted by Gasteiger charge is 2.16. The van der Waals surface area contributed by atoms with Gasteiger partial charge in [-0.15, -0.1) is 12.3 Å². The zero-order valence-electron chi connectivity index (χ0n) is 12.8. The van der Waals surface area contributed by atoms with Crippen molar-refractivity contribution in [3.63, 3.8) is 0 Å². The lowest BCUT2D eigenvalue weighted by atomic mass is 10.3. The van der Waals surface area contributed by atoms with Crippen LogP contribution in [-0.2, 0) is 6.54 Å². The van der Waals surface area contributed by atoms with Crippen molar-refractivity contribution >= 4 is 63.5 Å². The van der Waals surface area contributed by atoms with E-state index in [1.165, 1.54) is 18.1 Å². The molecule has 2 heterocycles. The molecule has 0 saturated carbocycles. The van der Waals surface area contributed by atoms with Gasteiger partial charge < -0.3 is 10.3 Å². The molecule has 0 atom stereocenters. The van der Waals surface area contributed by atoms with Gasteiger partial charge in [-0.1, -0.05) is 46.6 Å². The quantitative estimate of drug-likeness (QED) is 0.365. The fourth-order valence-electron chi connectivity index (χ4n) is 2.25. The summed E-state index contributed by atoms with van der Waals surface area (Å²) in [6.45, 7) is 0.661. The summed E-state index contributed by atoms with van der Waals surface area (Å²) in [5.41, 5.74) is 7.14. The zero-order chi connectivity index (χ0) is 18.0. The number of nitrogen functional groups attached to an aromatic ring is 1. The Morgan fingerprint density at radius 1 is 1.20 bits per heavy atom. The average molecular weight is 413 g/mol. The first kappa shape index (κ1) is 18.2. The number of benzene rings is 1. The van der Waals surface area contributed by atoms with E-state index >= 15 is 0 Å². The molecule has 0 unspecified atom stereocenters. The highest BCUT2D eigenvalue weighted by atomic mass is 35.5. The van der Waals surface area contributed by atoms with Crippen LogP contribution < -0.4 is 5.73 Å². The van der Waals surface area contributed by atoms with Gasteiger partial charge in [-0.2, -0.15) is 0 Å². The van der Waals surface area contributed by atoms with Crippen molar-refractivity contribution in [3.8, 4) is 12.3 Å². The van der Waals surface area contributed by atoms with Crippen LogP contribution in [-0.4, -0.2) is 19.5 Å². The van der Waals surface area contributed by atoms with Gasteiger partial charge in [-0.3, -0.25) is 0 Å². The standard InChI is InChI=1S/C16H12Cl3N5S/c1-2-3-4-5-24-15-13(14(20)21-8-22-15)23-16(24)25-9-6-10(17)12(19)11(18)7-9/h1,6-8H,3-5H2,(H2,20,21,22). The lowest BCUT2D eigenvalue weighted by Crippen LogP contribution is -2.01. The van der Waals surface area contributed by atoms with Gasteiger partial charge in [0.2, 0.25) is 0 Å². The Bertz CT molecular complexity index is 957. The molecule has 0 fully saturated rings. The molecule has 3 aromatic rings. The Hall–Kier alpha value is -1.65. The van der Waals surface area contributed by atoms with Crippen LogP contribution in [0.5, 0.6) is 0 Å². The second kappa shape index (κ2) is 7.71. The number of halogens is 3. The summed E-state index contributed by atoms with van der Waals surface area (Å²) in [6, 6.07) is 3.47. The fourth-order valence-corrected chi connectivity index (χ4v) is 3.96. The minimum absolute atomic E-state index is 0.324. The van der Waals surface area contributed by atoms with Gasteiger partial charge in [0.05, 0.1) is 15.1 Å². The maximum atomic E-state index is 6.11. The zero-order valence-corrected chi connectivity index (χ0v) is 15.9. The number of imidazole rings is 1. The Morgan fingerprint density at radius 3 is 2.60 bits per heavy atom. The maximum Gasteiger partial charge on any atom is 0.175 e. The first-order valence-corrected chi connectivity index (χ1v) is 9.19. The Balaban J connectivity index is 2.04. The third-order valence-electron chi connectivity index (χ3n) is 3.39. The van der Waals surface area contributed by atoms with Crippen LogP contribution in [0.2, 0.25) is 15.1 Å². The molecule has 3 rings (SSSR count). The molecule has 128 valence electrons. The molecule has 1 aromatic carbocycles. The summed E-state index contributed by atoms with van der Waals surface area (Å²) in [6.07, 6.45) is 8.21. The summed E-state index contributed by atoms with van der Waals surface area (Å²) in [5.74, 6) is 2.96. The molecule has 0 bridgehead atoms. The van der Waals surface area contributed by atoms with Gasteiger partial charge in [0.25, 0.3) is 0 Å². The Kier molecular flexibility index (Phi) is 5.60. The number of aromatic nitrogens is 4. The molecule has 0 amide bonds. The van der Waals surface area contributed by atoms with Gasteiger partial charge in [0.15, 0.2) is 22.1 Å². The smallest absolute Gasteiger partial charge is 0.175 e. The molecule has 0 aliphatic heterocycles. The van der Waals surface area contributed by atoms with Crippen molar-refractivity contribution in [3.05, 3.63) is 33.5 Å². The van der Waals surface area contributed by atoms with E-state index in [2.05, 4.69) is 20.9 Å². The molecule has 25 heavy (non-hydrogen) atoms. The van der Waals surface area contributed by atoms with E-state index < -0.39 is 0 Å². The van der Waals surface area contributed by atoms with Crippen molar-refractivity contribution in [1.82, 2.24) is 19.5 Å². The van der Waals surface area contributed by atoms with Crippen molar-refractivity contribution in [2.45, 2.75) is 29.4 Å². The van der Waals surface area contributed by atoms with Crippen molar-refractivity contribution in [1.29, 1.82) is 0 Å². The van der Waals surface area contributed by atoms with Crippen LogP contribution in [0.25, 0.3) is 11.2 Å². The lowest BCUT2D eigenvalue weighted by molar-refractivity contribution is 0.615. The Morgan fingerprint density at radius 2 is 1.92 bits per heavy atom. The van der Waals surface area contributed by atoms with Crippen molar-refractivity contribution < 1.29 is 0 Å². The third kappa shape index (κ3) is 3.80. The van der Waals surface area contributed by atoms with Gasteiger partial charge in [-0.25, -0.2) is 15.0 Å². The SMILES string of the molecule is C#CCCCn1c(Sc2cc(Cl)c(Cl)c(Cl)c2)nc2c(N)ncnc21. The van der Waals surface area contributed by atoms with Gasteiger partial charge in [0.1, 0.15) is 6.33 Å². The van der Waals surface area contributed by atoms with E-state index in [4.69, 9.17) is 47.0 Å². The number of fused-ring (bicyclic) bond motifs is 1. The van der Waals surface area contributed by atoms with Crippen LogP contribution in [0.1, 0.15) is 12.8 Å². The van der Waals surface area contributed by atoms with E-state index in [0.29, 0.717) is 50.2 Å². The highest BCUT2D eigenvalue weighted by Crippen LogP contribution is 2.38.